The fourth-order valence-electron chi connectivity index (χ4n) is 6.26. The SMILES string of the molecule is COc1ccc(Sc2ccc(Oc3ccc(C(=O)c4ccc(Sc5ccc(-c6ccc(Sc7ccc(C(=O)c8ccc(C)cc8)cc7)cc6)cc5)cc4)cc3)cc2)cc1. The van der Waals surface area contributed by atoms with Gasteiger partial charge in [0.05, 0.1) is 7.11 Å². The van der Waals surface area contributed by atoms with Crippen molar-refractivity contribution >= 4 is 46.9 Å². The van der Waals surface area contributed by atoms with Crippen LogP contribution in [-0.4, -0.2) is 18.7 Å². The highest BCUT2D eigenvalue weighted by atomic mass is 32.2. The largest absolute Gasteiger partial charge is 0.497 e. The molecule has 0 aliphatic rings. The highest BCUT2D eigenvalue weighted by Crippen LogP contribution is 2.34. The molecule has 0 unspecified atom stereocenters. The normalized spacial score (nSPS) is 10.9. The van der Waals surface area contributed by atoms with Gasteiger partial charge in [-0.3, -0.25) is 9.59 Å². The van der Waals surface area contributed by atoms with Gasteiger partial charge in [-0.1, -0.05) is 89.4 Å². The molecule has 8 aromatic carbocycles. The lowest BCUT2D eigenvalue weighted by atomic mass is 10.0. The molecule has 0 aliphatic carbocycles. The van der Waals surface area contributed by atoms with Gasteiger partial charge in [0.25, 0.3) is 0 Å². The molecule has 8 aromatic rings. The quantitative estimate of drug-likeness (QED) is 0.101. The van der Waals surface area contributed by atoms with E-state index in [1.807, 2.05) is 140 Å². The van der Waals surface area contributed by atoms with E-state index in [0.717, 1.165) is 57.6 Å². The zero-order valence-corrected chi connectivity index (χ0v) is 34.8. The standard InChI is InChI=1S/C52H38O4S3/c1-35-3-5-38(6-4-35)51(53)40-13-27-47(28-14-40)57-45-23-9-36(10-24-45)37-11-25-46(26-12-37)58-48-29-15-41(16-30-48)52(54)39-7-17-43(18-8-39)56-44-21-33-50(34-22-44)59-49-31-19-42(55-2)20-32-49/h3-34H,1-2H3. The van der Waals surface area contributed by atoms with E-state index < -0.39 is 0 Å². The van der Waals surface area contributed by atoms with E-state index in [4.69, 9.17) is 9.47 Å². The molecule has 0 heterocycles. The van der Waals surface area contributed by atoms with Crippen molar-refractivity contribution in [3.8, 4) is 28.4 Å². The number of methoxy groups -OCH3 is 1. The van der Waals surface area contributed by atoms with Crippen LogP contribution in [0.5, 0.6) is 17.2 Å². The summed E-state index contributed by atoms with van der Waals surface area (Å²) < 4.78 is 11.3. The third kappa shape index (κ3) is 10.3. The number of aryl methyl sites for hydroxylation is 1. The minimum absolute atomic E-state index is 0.0330. The fourth-order valence-corrected chi connectivity index (χ4v) is 8.71. The Labute approximate surface area is 357 Å². The van der Waals surface area contributed by atoms with E-state index in [0.29, 0.717) is 28.0 Å². The molecule has 0 aromatic heterocycles. The van der Waals surface area contributed by atoms with Gasteiger partial charge < -0.3 is 9.47 Å². The third-order valence-corrected chi connectivity index (χ3v) is 12.6. The van der Waals surface area contributed by atoms with E-state index in [2.05, 4.69) is 48.5 Å². The lowest BCUT2D eigenvalue weighted by molar-refractivity contribution is 0.103. The van der Waals surface area contributed by atoms with E-state index in [9.17, 15) is 9.59 Å². The smallest absolute Gasteiger partial charge is 0.193 e. The van der Waals surface area contributed by atoms with Gasteiger partial charge in [-0.15, -0.1) is 0 Å². The summed E-state index contributed by atoms with van der Waals surface area (Å²) >= 11 is 5.00. The molecule has 59 heavy (non-hydrogen) atoms. The molecule has 0 aliphatic heterocycles. The molecular weight excluding hydrogens is 785 g/mol. The number of rotatable bonds is 14. The first kappa shape index (κ1) is 39.6. The Balaban J connectivity index is 0.812. The Morgan fingerprint density at radius 1 is 0.339 bits per heavy atom. The summed E-state index contributed by atoms with van der Waals surface area (Å²) in [4.78, 5) is 32.8. The topological polar surface area (TPSA) is 52.6 Å². The Hall–Kier alpha value is -6.25. The van der Waals surface area contributed by atoms with Gasteiger partial charge in [-0.25, -0.2) is 0 Å². The zero-order chi connectivity index (χ0) is 40.6. The molecule has 4 nitrogen and oxygen atoms in total. The Morgan fingerprint density at radius 3 is 0.932 bits per heavy atom. The number of benzene rings is 8. The van der Waals surface area contributed by atoms with Crippen molar-refractivity contribution in [2.24, 2.45) is 0 Å². The second-order valence-electron chi connectivity index (χ2n) is 13.7. The Kier molecular flexibility index (Phi) is 12.4. The van der Waals surface area contributed by atoms with Crippen molar-refractivity contribution in [2.45, 2.75) is 36.3 Å². The second-order valence-corrected chi connectivity index (χ2v) is 17.1. The van der Waals surface area contributed by atoms with Crippen LogP contribution >= 0.6 is 35.3 Å². The van der Waals surface area contributed by atoms with Gasteiger partial charge in [-0.2, -0.15) is 0 Å². The lowest BCUT2D eigenvalue weighted by Crippen LogP contribution is -2.00. The van der Waals surface area contributed by atoms with Gasteiger partial charge in [0, 0.05) is 51.6 Å². The summed E-state index contributed by atoms with van der Waals surface area (Å²) in [5, 5.41) is 0. The maximum Gasteiger partial charge on any atom is 0.193 e. The lowest BCUT2D eigenvalue weighted by Gasteiger charge is -2.09. The number of carbonyl (C=O) groups is 2. The van der Waals surface area contributed by atoms with E-state index in [-0.39, 0.29) is 11.6 Å². The minimum Gasteiger partial charge on any atom is -0.497 e. The monoisotopic (exact) mass is 822 g/mol. The van der Waals surface area contributed by atoms with Crippen LogP contribution in [0.25, 0.3) is 11.1 Å². The maximum atomic E-state index is 13.3. The first-order valence-electron chi connectivity index (χ1n) is 19.0. The highest BCUT2D eigenvalue weighted by Gasteiger charge is 2.12. The highest BCUT2D eigenvalue weighted by molar-refractivity contribution is 7.99. The number of carbonyl (C=O) groups excluding carboxylic acids is 2. The molecule has 8 rings (SSSR count). The van der Waals surface area contributed by atoms with Gasteiger partial charge >= 0.3 is 0 Å². The van der Waals surface area contributed by atoms with Crippen molar-refractivity contribution in [1.82, 2.24) is 0 Å². The number of ketones is 2. The van der Waals surface area contributed by atoms with Crippen LogP contribution in [0, 0.1) is 6.92 Å². The summed E-state index contributed by atoms with van der Waals surface area (Å²) in [6.45, 7) is 2.02. The maximum absolute atomic E-state index is 13.3. The zero-order valence-electron chi connectivity index (χ0n) is 32.3. The second kappa shape index (κ2) is 18.6. The summed E-state index contributed by atoms with van der Waals surface area (Å²) in [5.74, 6) is 2.22. The molecule has 0 radical (unpaired) electrons. The predicted octanol–water partition coefficient (Wildman–Crippen LogP) is 14.4. The predicted molar refractivity (Wildman–Crippen MR) is 241 cm³/mol. The van der Waals surface area contributed by atoms with Gasteiger partial charge in [0.1, 0.15) is 17.2 Å². The van der Waals surface area contributed by atoms with Gasteiger partial charge in [0.2, 0.25) is 0 Å². The number of hydrogen-bond acceptors (Lipinski definition) is 7. The van der Waals surface area contributed by atoms with Gasteiger partial charge in [-0.05, 0) is 164 Å². The van der Waals surface area contributed by atoms with Crippen molar-refractivity contribution in [1.29, 1.82) is 0 Å². The van der Waals surface area contributed by atoms with Crippen LogP contribution in [0.3, 0.4) is 0 Å². The average molecular weight is 823 g/mol. The molecule has 0 atom stereocenters. The molecular formula is C52H38O4S3. The number of ether oxygens (including phenoxy) is 2. The summed E-state index contributed by atoms with van der Waals surface area (Å²) in [6.07, 6.45) is 0. The Bertz CT molecular complexity index is 2660. The molecule has 0 saturated carbocycles. The van der Waals surface area contributed by atoms with Crippen LogP contribution in [0.4, 0.5) is 0 Å². The van der Waals surface area contributed by atoms with Crippen molar-refractivity contribution in [3.63, 3.8) is 0 Å². The first-order chi connectivity index (χ1) is 28.8. The minimum atomic E-state index is -0.0370. The van der Waals surface area contributed by atoms with E-state index >= 15 is 0 Å². The summed E-state index contributed by atoms with van der Waals surface area (Å²) in [5.41, 5.74) is 6.04. The molecule has 0 spiro atoms. The molecule has 0 saturated heterocycles. The van der Waals surface area contributed by atoms with E-state index in [1.165, 1.54) is 0 Å². The van der Waals surface area contributed by atoms with E-state index in [1.54, 1.807) is 54.5 Å². The summed E-state index contributed by atoms with van der Waals surface area (Å²) in [6, 6.07) is 63.5. The van der Waals surface area contributed by atoms with Crippen LogP contribution in [-0.2, 0) is 0 Å². The van der Waals surface area contributed by atoms with Crippen LogP contribution in [0.1, 0.15) is 37.4 Å². The molecule has 0 amide bonds. The van der Waals surface area contributed by atoms with Crippen molar-refractivity contribution in [2.75, 3.05) is 7.11 Å². The number of hydrogen-bond donors (Lipinski definition) is 0. The van der Waals surface area contributed by atoms with Crippen LogP contribution in [0.15, 0.2) is 223 Å². The van der Waals surface area contributed by atoms with Gasteiger partial charge in [0.15, 0.2) is 11.6 Å². The first-order valence-corrected chi connectivity index (χ1v) is 21.4. The molecule has 7 heteroatoms. The molecule has 0 bridgehead atoms. The van der Waals surface area contributed by atoms with Crippen LogP contribution < -0.4 is 9.47 Å². The van der Waals surface area contributed by atoms with Crippen molar-refractivity contribution < 1.29 is 19.1 Å². The molecule has 0 fully saturated rings. The summed E-state index contributed by atoms with van der Waals surface area (Å²) in [7, 11) is 1.66. The Morgan fingerprint density at radius 2 is 0.593 bits per heavy atom. The molecule has 288 valence electrons. The molecule has 0 N–H and O–H groups in total. The fraction of sp³-hybridized carbons (Fsp3) is 0.0385. The van der Waals surface area contributed by atoms with Crippen molar-refractivity contribution in [3.05, 3.63) is 222 Å². The third-order valence-electron chi connectivity index (χ3n) is 9.53. The average Bonchev–Trinajstić information content (AvgIpc) is 3.28. The van der Waals surface area contributed by atoms with Crippen LogP contribution in [0.2, 0.25) is 0 Å².